The van der Waals surface area contributed by atoms with Crippen LogP contribution in [0, 0.1) is 0 Å². The van der Waals surface area contributed by atoms with Gasteiger partial charge in [0.1, 0.15) is 0 Å². The molecule has 34 heavy (non-hydrogen) atoms. The molecule has 0 radical (unpaired) electrons. The molecule has 3 aromatic rings. The lowest BCUT2D eigenvalue weighted by molar-refractivity contribution is 0.410. The number of nitrogens with zero attached hydrogens (tertiary/aromatic N) is 4. The molecule has 0 saturated heterocycles. The third kappa shape index (κ3) is 6.02. The Morgan fingerprint density at radius 2 is 1.79 bits per heavy atom. The number of benzene rings is 1. The molecule has 0 spiro atoms. The van der Waals surface area contributed by atoms with Crippen molar-refractivity contribution in [2.45, 2.75) is 69.0 Å². The van der Waals surface area contributed by atoms with E-state index in [-0.39, 0.29) is 10.9 Å². The Morgan fingerprint density at radius 3 is 2.53 bits per heavy atom. The summed E-state index contributed by atoms with van der Waals surface area (Å²) in [5.41, 5.74) is 7.57. The molecule has 1 aromatic carbocycles. The van der Waals surface area contributed by atoms with Crippen molar-refractivity contribution in [2.75, 3.05) is 23.7 Å². The third-order valence-electron chi connectivity index (χ3n) is 6.15. The van der Waals surface area contributed by atoms with E-state index in [0.717, 1.165) is 49.8 Å². The van der Waals surface area contributed by atoms with Crippen molar-refractivity contribution in [3.8, 4) is 0 Å². The number of aromatic nitrogens is 4. The minimum Gasteiger partial charge on any atom is -0.368 e. The molecule has 10 nitrogen and oxygen atoms in total. The second-order valence-electron chi connectivity index (χ2n) is 8.70. The normalized spacial score (nSPS) is 18.8. The van der Waals surface area contributed by atoms with E-state index in [4.69, 9.17) is 15.7 Å². The van der Waals surface area contributed by atoms with Crippen LogP contribution < -0.4 is 21.1 Å². The Hall–Kier alpha value is -2.76. The minimum absolute atomic E-state index is 0.281. The van der Waals surface area contributed by atoms with Crippen LogP contribution in [0.25, 0.3) is 11.2 Å². The van der Waals surface area contributed by atoms with Crippen LogP contribution in [0.1, 0.15) is 45.4 Å². The molecule has 0 unspecified atom stereocenters. The molecule has 184 valence electrons. The Kier molecular flexibility index (Phi) is 7.96. The highest BCUT2D eigenvalue weighted by Crippen LogP contribution is 2.24. The maximum absolute atomic E-state index is 12.3. The van der Waals surface area contributed by atoms with E-state index in [1.165, 1.54) is 0 Å². The average molecular weight is 487 g/mol. The van der Waals surface area contributed by atoms with E-state index in [2.05, 4.69) is 27.3 Å². The molecule has 0 bridgehead atoms. The molecule has 2 heterocycles. The number of nitrogens with two attached hydrogens (primary N) is 1. The second-order valence-corrected chi connectivity index (χ2v) is 10.5. The number of rotatable bonds is 11. The monoisotopic (exact) mass is 486 g/mol. The number of sulfonamides is 1. The lowest BCUT2D eigenvalue weighted by Gasteiger charge is -2.26. The van der Waals surface area contributed by atoms with E-state index >= 15 is 0 Å². The Bertz CT molecular complexity index is 1170. The highest BCUT2D eigenvalue weighted by Gasteiger charge is 2.20. The molecule has 0 amide bonds. The molecule has 4 rings (SSSR count). The van der Waals surface area contributed by atoms with Crippen molar-refractivity contribution < 1.29 is 8.42 Å². The zero-order valence-electron chi connectivity index (χ0n) is 19.6. The summed E-state index contributed by atoms with van der Waals surface area (Å²) in [6.07, 6.45) is 7.30. The van der Waals surface area contributed by atoms with Gasteiger partial charge in [-0.25, -0.2) is 18.1 Å². The third-order valence-corrected chi connectivity index (χ3v) is 7.63. The number of hydrogen-bond acceptors (Lipinski definition) is 8. The first-order valence-corrected chi connectivity index (χ1v) is 13.5. The summed E-state index contributed by atoms with van der Waals surface area (Å²) in [6, 6.07) is 9.02. The number of nitrogens with one attached hydrogen (secondary N) is 3. The highest BCUT2D eigenvalue weighted by atomic mass is 32.2. The van der Waals surface area contributed by atoms with E-state index in [1.54, 1.807) is 36.7 Å². The van der Waals surface area contributed by atoms with Gasteiger partial charge in [0.2, 0.25) is 16.0 Å². The molecule has 2 aromatic heterocycles. The largest absolute Gasteiger partial charge is 0.368 e. The number of anilines is 2. The lowest BCUT2D eigenvalue weighted by atomic mass is 9.92. The van der Waals surface area contributed by atoms with Gasteiger partial charge < -0.3 is 20.9 Å². The SMILES string of the molecule is CCn1cnc2c(NCCCCNS(=O)(=O)c3ccccc3)nc(NC3CCC(N)CC3)nc21. The van der Waals surface area contributed by atoms with Gasteiger partial charge in [0.25, 0.3) is 0 Å². The standard InChI is InChI=1S/C23H34N8O2S/c1-2-31-16-26-20-21(29-23(30-22(20)31)28-18-12-10-17(24)11-13-18)25-14-6-7-15-27-34(32,33)19-8-4-3-5-9-19/h3-5,8-9,16-18,27H,2,6-7,10-15,24H2,1H3,(H2,25,28,29,30). The summed E-state index contributed by atoms with van der Waals surface area (Å²) >= 11 is 0. The van der Waals surface area contributed by atoms with Gasteiger partial charge in [-0.05, 0) is 57.6 Å². The minimum atomic E-state index is -3.47. The van der Waals surface area contributed by atoms with Crippen molar-refractivity contribution in [1.29, 1.82) is 0 Å². The molecule has 1 saturated carbocycles. The molecular formula is C23H34N8O2S. The molecule has 1 aliphatic rings. The Labute approximate surface area is 200 Å². The fraction of sp³-hybridized carbons (Fsp3) is 0.522. The molecule has 5 N–H and O–H groups in total. The molecule has 0 atom stereocenters. The number of aryl methyl sites for hydroxylation is 1. The van der Waals surface area contributed by atoms with E-state index in [0.29, 0.717) is 37.3 Å². The molecule has 1 aliphatic carbocycles. The number of imidazole rings is 1. The lowest BCUT2D eigenvalue weighted by Crippen LogP contribution is -2.33. The van der Waals surface area contributed by atoms with Gasteiger partial charge in [0, 0.05) is 31.7 Å². The maximum atomic E-state index is 12.3. The van der Waals surface area contributed by atoms with Crippen LogP contribution in [-0.2, 0) is 16.6 Å². The smallest absolute Gasteiger partial charge is 0.240 e. The summed E-state index contributed by atoms with van der Waals surface area (Å²) < 4.78 is 29.3. The predicted molar refractivity (Wildman–Crippen MR) is 134 cm³/mol. The van der Waals surface area contributed by atoms with E-state index < -0.39 is 10.0 Å². The molecule has 0 aliphatic heterocycles. The van der Waals surface area contributed by atoms with Gasteiger partial charge in [-0.2, -0.15) is 9.97 Å². The van der Waals surface area contributed by atoms with Crippen LogP contribution in [0.15, 0.2) is 41.6 Å². The summed E-state index contributed by atoms with van der Waals surface area (Å²) in [6.45, 7) is 3.85. The summed E-state index contributed by atoms with van der Waals surface area (Å²) in [4.78, 5) is 14.2. The Balaban J connectivity index is 1.34. The van der Waals surface area contributed by atoms with Gasteiger partial charge >= 0.3 is 0 Å². The molecular weight excluding hydrogens is 452 g/mol. The highest BCUT2D eigenvalue weighted by molar-refractivity contribution is 7.89. The fourth-order valence-electron chi connectivity index (χ4n) is 4.16. The number of hydrogen-bond donors (Lipinski definition) is 4. The summed E-state index contributed by atoms with van der Waals surface area (Å²) in [5, 5.41) is 6.86. The van der Waals surface area contributed by atoms with Gasteiger partial charge in [0.05, 0.1) is 11.2 Å². The van der Waals surface area contributed by atoms with E-state index in [9.17, 15) is 8.42 Å². The van der Waals surface area contributed by atoms with Crippen molar-refractivity contribution >= 4 is 33.0 Å². The van der Waals surface area contributed by atoms with E-state index in [1.807, 2.05) is 4.57 Å². The number of unbranched alkanes of at least 4 members (excludes halogenated alkanes) is 1. The quantitative estimate of drug-likeness (QED) is 0.303. The van der Waals surface area contributed by atoms with Crippen LogP contribution in [0.5, 0.6) is 0 Å². The molecule has 1 fully saturated rings. The average Bonchev–Trinajstić information content (AvgIpc) is 3.26. The summed E-state index contributed by atoms with van der Waals surface area (Å²) in [5.74, 6) is 1.29. The maximum Gasteiger partial charge on any atom is 0.240 e. The van der Waals surface area contributed by atoms with Crippen molar-refractivity contribution in [1.82, 2.24) is 24.2 Å². The van der Waals surface area contributed by atoms with Gasteiger partial charge in [-0.1, -0.05) is 18.2 Å². The van der Waals surface area contributed by atoms with Gasteiger partial charge in [-0.3, -0.25) is 0 Å². The topological polar surface area (TPSA) is 140 Å². The van der Waals surface area contributed by atoms with Crippen LogP contribution in [-0.4, -0.2) is 53.1 Å². The van der Waals surface area contributed by atoms with Crippen LogP contribution in [0.3, 0.4) is 0 Å². The zero-order chi connectivity index (χ0) is 24.0. The van der Waals surface area contributed by atoms with Crippen molar-refractivity contribution in [3.05, 3.63) is 36.7 Å². The summed E-state index contributed by atoms with van der Waals surface area (Å²) in [7, 11) is -3.47. The predicted octanol–water partition coefficient (Wildman–Crippen LogP) is 2.70. The molecule has 11 heteroatoms. The first kappa shape index (κ1) is 24.4. The van der Waals surface area contributed by atoms with Gasteiger partial charge in [-0.15, -0.1) is 0 Å². The first-order chi connectivity index (χ1) is 16.5. The number of fused-ring (bicyclic) bond motifs is 1. The Morgan fingerprint density at radius 1 is 1.06 bits per heavy atom. The van der Waals surface area contributed by atoms with Crippen LogP contribution in [0.4, 0.5) is 11.8 Å². The van der Waals surface area contributed by atoms with Crippen LogP contribution in [0.2, 0.25) is 0 Å². The first-order valence-electron chi connectivity index (χ1n) is 12.0. The van der Waals surface area contributed by atoms with Crippen molar-refractivity contribution in [3.63, 3.8) is 0 Å². The van der Waals surface area contributed by atoms with Gasteiger partial charge in [0.15, 0.2) is 17.0 Å². The second kappa shape index (κ2) is 11.1. The van der Waals surface area contributed by atoms with Crippen molar-refractivity contribution in [2.24, 2.45) is 5.73 Å². The van der Waals surface area contributed by atoms with Crippen LogP contribution >= 0.6 is 0 Å². The fourth-order valence-corrected chi connectivity index (χ4v) is 5.25. The zero-order valence-corrected chi connectivity index (χ0v) is 20.4.